The highest BCUT2D eigenvalue weighted by Gasteiger charge is 2.49. The largest absolute Gasteiger partial charge is 1.00 e. The van der Waals surface area contributed by atoms with Crippen molar-refractivity contribution in [3.8, 4) is 0 Å². The molecule has 2 atom stereocenters. The minimum Gasteiger partial charge on any atom is -1.00 e. The second-order valence-corrected chi connectivity index (χ2v) is 8.21. The van der Waals surface area contributed by atoms with E-state index in [2.05, 4.69) is 76.6 Å². The third-order valence-electron chi connectivity index (χ3n) is 5.72. The van der Waals surface area contributed by atoms with Gasteiger partial charge in [-0.25, -0.2) is 0 Å². The van der Waals surface area contributed by atoms with Crippen molar-refractivity contribution in [3.63, 3.8) is 0 Å². The van der Waals surface area contributed by atoms with Gasteiger partial charge in [0.2, 0.25) is 0 Å². The van der Waals surface area contributed by atoms with E-state index in [1.54, 1.807) is 22.3 Å². The Hall–Kier alpha value is -0.870. The molecule has 122 valence electrons. The topological polar surface area (TPSA) is 0 Å². The minimum absolute atomic E-state index is 0. The van der Waals surface area contributed by atoms with Crippen LogP contribution in [0, 0.1) is 11.8 Å². The van der Waals surface area contributed by atoms with E-state index in [1.165, 1.54) is 6.54 Å². The molecule has 2 bridgehead atoms. The summed E-state index contributed by atoms with van der Waals surface area (Å²) in [6.07, 6.45) is 0. The Kier molecular flexibility index (Phi) is 4.35. The van der Waals surface area contributed by atoms with Crippen LogP contribution in [0.15, 0.2) is 48.5 Å². The smallest absolute Gasteiger partial charge is 0.0821 e. The lowest BCUT2D eigenvalue weighted by molar-refractivity contribution is -0.874. The van der Waals surface area contributed by atoms with E-state index in [4.69, 9.17) is 0 Å². The molecule has 3 aliphatic rings. The van der Waals surface area contributed by atoms with Gasteiger partial charge in [-0.3, -0.25) is 0 Å². The normalized spacial score (nSPS) is 27.8. The van der Waals surface area contributed by atoms with E-state index < -0.39 is 0 Å². The summed E-state index contributed by atoms with van der Waals surface area (Å²) >= 11 is 0. The van der Waals surface area contributed by atoms with Crippen molar-refractivity contribution in [2.45, 2.75) is 18.8 Å². The Morgan fingerprint density at radius 2 is 1.13 bits per heavy atom. The highest BCUT2D eigenvalue weighted by atomic mass is 127. The molecule has 0 aliphatic heterocycles. The van der Waals surface area contributed by atoms with E-state index in [-0.39, 0.29) is 24.0 Å². The van der Waals surface area contributed by atoms with Crippen molar-refractivity contribution in [3.05, 3.63) is 70.8 Å². The number of benzene rings is 2. The highest BCUT2D eigenvalue weighted by molar-refractivity contribution is 5.56. The van der Waals surface area contributed by atoms with Crippen molar-refractivity contribution in [1.29, 1.82) is 0 Å². The van der Waals surface area contributed by atoms with E-state index in [0.29, 0.717) is 17.8 Å². The van der Waals surface area contributed by atoms with Crippen molar-refractivity contribution >= 4 is 0 Å². The molecule has 5 rings (SSSR count). The molecule has 0 heterocycles. The van der Waals surface area contributed by atoms with Gasteiger partial charge in [-0.05, 0) is 28.2 Å². The van der Waals surface area contributed by atoms with Gasteiger partial charge in [0.25, 0.3) is 0 Å². The van der Waals surface area contributed by atoms with E-state index in [9.17, 15) is 0 Å². The lowest BCUT2D eigenvalue weighted by Crippen LogP contribution is -3.00. The zero-order valence-corrected chi connectivity index (χ0v) is 16.6. The SMILES string of the molecule is CC1C2c3ccccc3C(c3ccccc32)C1C[N+](C)(C)C.[I-]. The summed E-state index contributed by atoms with van der Waals surface area (Å²) in [5.41, 5.74) is 6.33. The number of hydrogen-bond donors (Lipinski definition) is 0. The average molecular weight is 419 g/mol. The molecule has 0 aromatic heterocycles. The van der Waals surface area contributed by atoms with Crippen molar-refractivity contribution in [1.82, 2.24) is 0 Å². The van der Waals surface area contributed by atoms with E-state index in [1.807, 2.05) is 0 Å². The van der Waals surface area contributed by atoms with Gasteiger partial charge in [-0.15, -0.1) is 0 Å². The molecule has 2 aromatic carbocycles. The zero-order chi connectivity index (χ0) is 15.5. The number of nitrogens with zero attached hydrogens (tertiary/aromatic N) is 1. The van der Waals surface area contributed by atoms with Crippen LogP contribution in [-0.2, 0) is 0 Å². The molecule has 0 fully saturated rings. The van der Waals surface area contributed by atoms with Crippen LogP contribution in [0.3, 0.4) is 0 Å². The molecular formula is C21H26IN. The molecule has 0 amide bonds. The number of rotatable bonds is 2. The van der Waals surface area contributed by atoms with Crippen LogP contribution in [-0.4, -0.2) is 32.2 Å². The highest BCUT2D eigenvalue weighted by Crippen LogP contribution is 2.58. The maximum atomic E-state index is 2.48. The van der Waals surface area contributed by atoms with Crippen LogP contribution < -0.4 is 24.0 Å². The van der Waals surface area contributed by atoms with Gasteiger partial charge in [0, 0.05) is 17.8 Å². The molecule has 0 saturated carbocycles. The second-order valence-electron chi connectivity index (χ2n) is 8.21. The summed E-state index contributed by atoms with van der Waals surface area (Å²) in [6, 6.07) is 18.3. The predicted octanol–water partition coefficient (Wildman–Crippen LogP) is 1.24. The fraction of sp³-hybridized carbons (Fsp3) is 0.429. The molecule has 0 spiro atoms. The van der Waals surface area contributed by atoms with Crippen LogP contribution in [0.1, 0.15) is 41.0 Å². The standard InChI is InChI=1S/C21H26N.HI/c1-14-19(13-22(2,3)4)21-17-11-7-5-9-15(17)20(14)16-10-6-8-12-18(16)21;/h5-12,14,19-21H,13H2,1-4H3;1H/q+1;/p-1. The van der Waals surface area contributed by atoms with E-state index >= 15 is 0 Å². The summed E-state index contributed by atoms with van der Waals surface area (Å²) in [5.74, 6) is 2.60. The number of fused-ring (bicyclic) bond motifs is 1. The molecule has 2 unspecified atom stereocenters. The predicted molar refractivity (Wildman–Crippen MR) is 92.1 cm³/mol. The zero-order valence-electron chi connectivity index (χ0n) is 14.5. The fourth-order valence-electron chi connectivity index (χ4n) is 4.97. The minimum atomic E-state index is 0. The Morgan fingerprint density at radius 1 is 0.739 bits per heavy atom. The molecule has 23 heavy (non-hydrogen) atoms. The summed E-state index contributed by atoms with van der Waals surface area (Å²) in [5, 5.41) is 0. The summed E-state index contributed by atoms with van der Waals surface area (Å²) in [6.45, 7) is 3.72. The van der Waals surface area contributed by atoms with Gasteiger partial charge < -0.3 is 28.5 Å². The Balaban J connectivity index is 0.00000156. The first-order chi connectivity index (χ1) is 10.5. The van der Waals surface area contributed by atoms with Crippen LogP contribution in [0.25, 0.3) is 0 Å². The van der Waals surface area contributed by atoms with Gasteiger partial charge in [0.05, 0.1) is 27.7 Å². The van der Waals surface area contributed by atoms with E-state index in [0.717, 1.165) is 10.4 Å². The third kappa shape index (κ3) is 2.64. The fourth-order valence-corrected chi connectivity index (χ4v) is 4.97. The maximum absolute atomic E-state index is 2.48. The first-order valence-electron chi connectivity index (χ1n) is 8.45. The summed E-state index contributed by atoms with van der Waals surface area (Å²) in [7, 11) is 6.98. The van der Waals surface area contributed by atoms with Crippen molar-refractivity contribution in [2.24, 2.45) is 11.8 Å². The van der Waals surface area contributed by atoms with Crippen LogP contribution in [0.5, 0.6) is 0 Å². The average Bonchev–Trinajstić information content (AvgIpc) is 2.48. The first-order valence-corrected chi connectivity index (χ1v) is 8.45. The van der Waals surface area contributed by atoms with Crippen molar-refractivity contribution in [2.75, 3.05) is 27.7 Å². The Morgan fingerprint density at radius 3 is 1.52 bits per heavy atom. The molecule has 0 saturated heterocycles. The van der Waals surface area contributed by atoms with Gasteiger partial charge >= 0.3 is 0 Å². The quantitative estimate of drug-likeness (QED) is 0.508. The number of hydrogen-bond acceptors (Lipinski definition) is 0. The lowest BCUT2D eigenvalue weighted by atomic mass is 9.54. The van der Waals surface area contributed by atoms with Crippen molar-refractivity contribution < 1.29 is 28.5 Å². The molecule has 0 radical (unpaired) electrons. The third-order valence-corrected chi connectivity index (χ3v) is 5.72. The molecule has 2 aromatic rings. The van der Waals surface area contributed by atoms with Gasteiger partial charge in [0.1, 0.15) is 0 Å². The summed E-state index contributed by atoms with van der Waals surface area (Å²) < 4.78 is 1.04. The molecule has 3 aliphatic carbocycles. The van der Waals surface area contributed by atoms with Crippen LogP contribution in [0.4, 0.5) is 0 Å². The van der Waals surface area contributed by atoms with Crippen LogP contribution >= 0.6 is 0 Å². The Labute approximate surface area is 157 Å². The van der Waals surface area contributed by atoms with Gasteiger partial charge in [-0.2, -0.15) is 0 Å². The molecule has 2 heteroatoms. The second kappa shape index (κ2) is 5.89. The monoisotopic (exact) mass is 419 g/mol. The maximum Gasteiger partial charge on any atom is 0.0821 e. The number of halogens is 1. The van der Waals surface area contributed by atoms with Gasteiger partial charge in [-0.1, -0.05) is 55.5 Å². The molecule has 1 nitrogen and oxygen atoms in total. The molecular weight excluding hydrogens is 393 g/mol. The molecule has 0 N–H and O–H groups in total. The number of quaternary nitrogens is 1. The lowest BCUT2D eigenvalue weighted by Gasteiger charge is -2.50. The Bertz CT molecular complexity index is 668. The summed E-state index contributed by atoms with van der Waals surface area (Å²) in [4.78, 5) is 0. The first kappa shape index (κ1) is 17.0. The van der Waals surface area contributed by atoms with Crippen LogP contribution in [0.2, 0.25) is 0 Å². The van der Waals surface area contributed by atoms with Gasteiger partial charge in [0.15, 0.2) is 0 Å².